The van der Waals surface area contributed by atoms with Crippen molar-refractivity contribution < 1.29 is 12.8 Å². The van der Waals surface area contributed by atoms with Gasteiger partial charge in [0.05, 0.1) is 10.0 Å². The van der Waals surface area contributed by atoms with Crippen LogP contribution in [0.1, 0.15) is 26.7 Å². The SMILES string of the molecule is CCC(CC)C(Cl)CNS(=O)(=O)c1ccc(Cl)c(F)c1Cl. The maximum absolute atomic E-state index is 13.6. The van der Waals surface area contributed by atoms with E-state index in [4.69, 9.17) is 34.8 Å². The van der Waals surface area contributed by atoms with E-state index < -0.39 is 20.9 Å². The fourth-order valence-electron chi connectivity index (χ4n) is 1.95. The lowest BCUT2D eigenvalue weighted by molar-refractivity contribution is 0.460. The standard InChI is InChI=1S/C13H17Cl3FNO2S/c1-3-8(4-2)10(15)7-18-21(19,20)11-6-5-9(14)13(17)12(11)16/h5-6,8,10,18H,3-4,7H2,1-2H3. The van der Waals surface area contributed by atoms with Gasteiger partial charge in [-0.15, -0.1) is 11.6 Å². The van der Waals surface area contributed by atoms with Crippen molar-refractivity contribution >= 4 is 44.8 Å². The van der Waals surface area contributed by atoms with Gasteiger partial charge in [-0.3, -0.25) is 0 Å². The second kappa shape index (κ2) is 7.97. The Kier molecular flexibility index (Phi) is 7.20. The molecule has 1 unspecified atom stereocenters. The Labute approximate surface area is 139 Å². The number of nitrogens with one attached hydrogen (secondary N) is 1. The van der Waals surface area contributed by atoms with Crippen molar-refractivity contribution in [1.29, 1.82) is 0 Å². The zero-order valence-electron chi connectivity index (χ0n) is 11.7. The molecule has 120 valence electrons. The predicted molar refractivity (Wildman–Crippen MR) is 85.3 cm³/mol. The van der Waals surface area contributed by atoms with Crippen molar-refractivity contribution in [2.24, 2.45) is 5.92 Å². The molecule has 1 aromatic carbocycles. The molecule has 0 radical (unpaired) electrons. The van der Waals surface area contributed by atoms with Gasteiger partial charge in [-0.2, -0.15) is 0 Å². The van der Waals surface area contributed by atoms with Crippen LogP contribution < -0.4 is 4.72 Å². The van der Waals surface area contributed by atoms with Gasteiger partial charge in [0.2, 0.25) is 10.0 Å². The number of alkyl halides is 1. The van der Waals surface area contributed by atoms with E-state index in [9.17, 15) is 12.8 Å². The Balaban J connectivity index is 2.91. The molecule has 0 amide bonds. The van der Waals surface area contributed by atoms with Gasteiger partial charge in [0.1, 0.15) is 4.90 Å². The first-order chi connectivity index (χ1) is 9.74. The van der Waals surface area contributed by atoms with E-state index in [0.717, 1.165) is 25.0 Å². The topological polar surface area (TPSA) is 46.2 Å². The van der Waals surface area contributed by atoms with Crippen molar-refractivity contribution in [2.75, 3.05) is 6.54 Å². The van der Waals surface area contributed by atoms with Crippen molar-refractivity contribution in [3.63, 3.8) is 0 Å². The first-order valence-electron chi connectivity index (χ1n) is 6.51. The third-order valence-corrected chi connectivity index (χ3v) is 6.07. The summed E-state index contributed by atoms with van der Waals surface area (Å²) in [6, 6.07) is 2.31. The molecule has 3 nitrogen and oxygen atoms in total. The summed E-state index contributed by atoms with van der Waals surface area (Å²) in [5.74, 6) is -0.754. The number of rotatable bonds is 7. The van der Waals surface area contributed by atoms with E-state index in [1.54, 1.807) is 0 Å². The van der Waals surface area contributed by atoms with Crippen LogP contribution in [0.5, 0.6) is 0 Å². The van der Waals surface area contributed by atoms with Crippen LogP contribution in [0.4, 0.5) is 4.39 Å². The lowest BCUT2D eigenvalue weighted by Crippen LogP contribution is -2.33. The molecule has 1 N–H and O–H groups in total. The van der Waals surface area contributed by atoms with Crippen molar-refractivity contribution in [2.45, 2.75) is 37.0 Å². The highest BCUT2D eigenvalue weighted by Crippen LogP contribution is 2.29. The first kappa shape index (κ1) is 19.0. The van der Waals surface area contributed by atoms with E-state index in [1.807, 2.05) is 13.8 Å². The number of hydrogen-bond acceptors (Lipinski definition) is 2. The quantitative estimate of drug-likeness (QED) is 0.564. The van der Waals surface area contributed by atoms with Crippen LogP contribution in [-0.2, 0) is 10.0 Å². The molecule has 0 fully saturated rings. The minimum Gasteiger partial charge on any atom is -0.210 e. The van der Waals surface area contributed by atoms with Gasteiger partial charge in [-0.05, 0) is 18.1 Å². The van der Waals surface area contributed by atoms with Crippen LogP contribution in [0.3, 0.4) is 0 Å². The van der Waals surface area contributed by atoms with Crippen LogP contribution in [-0.4, -0.2) is 20.3 Å². The summed E-state index contributed by atoms with van der Waals surface area (Å²) in [7, 11) is -3.94. The highest BCUT2D eigenvalue weighted by atomic mass is 35.5. The van der Waals surface area contributed by atoms with E-state index in [1.165, 1.54) is 0 Å². The van der Waals surface area contributed by atoms with Crippen LogP contribution in [0.15, 0.2) is 17.0 Å². The van der Waals surface area contributed by atoms with E-state index in [2.05, 4.69) is 4.72 Å². The summed E-state index contributed by atoms with van der Waals surface area (Å²) in [6.45, 7) is 4.03. The molecule has 0 aliphatic heterocycles. The van der Waals surface area contributed by atoms with Gasteiger partial charge in [-0.25, -0.2) is 17.5 Å². The van der Waals surface area contributed by atoms with Crippen molar-refractivity contribution in [1.82, 2.24) is 4.72 Å². The van der Waals surface area contributed by atoms with Gasteiger partial charge >= 0.3 is 0 Å². The maximum Gasteiger partial charge on any atom is 0.242 e. The molecule has 0 aliphatic carbocycles. The van der Waals surface area contributed by atoms with Gasteiger partial charge in [-0.1, -0.05) is 49.9 Å². The van der Waals surface area contributed by atoms with E-state index in [-0.39, 0.29) is 27.8 Å². The fraction of sp³-hybridized carbons (Fsp3) is 0.538. The molecule has 0 saturated heterocycles. The maximum atomic E-state index is 13.6. The summed E-state index contributed by atoms with van der Waals surface area (Å²) >= 11 is 17.4. The summed E-state index contributed by atoms with van der Waals surface area (Å²) < 4.78 is 40.2. The lowest BCUT2D eigenvalue weighted by atomic mass is 9.99. The second-order valence-corrected chi connectivity index (χ2v) is 7.70. The Hall–Kier alpha value is -0.0700. The fourth-order valence-corrected chi connectivity index (χ4v) is 4.28. The molecule has 0 saturated carbocycles. The molecule has 0 heterocycles. The molecule has 8 heteroatoms. The summed E-state index contributed by atoms with van der Waals surface area (Å²) in [5, 5.41) is -1.10. The average Bonchev–Trinajstić information content (AvgIpc) is 2.44. The van der Waals surface area contributed by atoms with Gasteiger partial charge in [0.15, 0.2) is 5.82 Å². The zero-order valence-corrected chi connectivity index (χ0v) is 14.8. The van der Waals surface area contributed by atoms with Crippen molar-refractivity contribution in [3.05, 3.63) is 28.0 Å². The Morgan fingerprint density at radius 3 is 2.33 bits per heavy atom. The van der Waals surface area contributed by atoms with Gasteiger partial charge in [0.25, 0.3) is 0 Å². The first-order valence-corrected chi connectivity index (χ1v) is 9.19. The molecule has 0 aliphatic rings. The molecule has 0 bridgehead atoms. The van der Waals surface area contributed by atoms with Gasteiger partial charge in [0, 0.05) is 11.9 Å². The van der Waals surface area contributed by atoms with Crippen LogP contribution in [0.2, 0.25) is 10.0 Å². The Bertz CT molecular complexity index is 591. The van der Waals surface area contributed by atoms with Crippen LogP contribution >= 0.6 is 34.8 Å². The van der Waals surface area contributed by atoms with Crippen LogP contribution in [0.25, 0.3) is 0 Å². The largest absolute Gasteiger partial charge is 0.242 e. The number of halogens is 4. The van der Waals surface area contributed by atoms with Crippen LogP contribution in [0, 0.1) is 11.7 Å². The van der Waals surface area contributed by atoms with Crippen molar-refractivity contribution in [3.8, 4) is 0 Å². The number of hydrogen-bond donors (Lipinski definition) is 1. The highest BCUT2D eigenvalue weighted by Gasteiger charge is 2.24. The summed E-state index contributed by atoms with van der Waals surface area (Å²) in [4.78, 5) is -0.348. The second-order valence-electron chi connectivity index (χ2n) is 4.62. The molecule has 1 atom stereocenters. The predicted octanol–water partition coefficient (Wildman–Crippen LogP) is 4.45. The molecular formula is C13H17Cl3FNO2S. The normalized spacial score (nSPS) is 13.7. The molecule has 0 aromatic heterocycles. The number of sulfonamides is 1. The van der Waals surface area contributed by atoms with E-state index >= 15 is 0 Å². The third kappa shape index (κ3) is 4.70. The molecule has 21 heavy (non-hydrogen) atoms. The molecule has 0 spiro atoms. The summed E-state index contributed by atoms with van der Waals surface area (Å²) in [6.07, 6.45) is 1.70. The zero-order chi connectivity index (χ0) is 16.2. The highest BCUT2D eigenvalue weighted by molar-refractivity contribution is 7.89. The minimum absolute atomic E-state index is 0.0524. The molecule has 1 rings (SSSR count). The average molecular weight is 377 g/mol. The monoisotopic (exact) mass is 375 g/mol. The smallest absolute Gasteiger partial charge is 0.210 e. The summed E-state index contributed by atoms with van der Waals surface area (Å²) in [5.41, 5.74) is 0. The van der Waals surface area contributed by atoms with E-state index in [0.29, 0.717) is 0 Å². The third-order valence-electron chi connectivity index (χ3n) is 3.32. The molecular weight excluding hydrogens is 360 g/mol. The number of benzene rings is 1. The minimum atomic E-state index is -3.94. The van der Waals surface area contributed by atoms with Gasteiger partial charge < -0.3 is 0 Å². The molecule has 1 aromatic rings. The Morgan fingerprint density at radius 2 is 1.81 bits per heavy atom. The Morgan fingerprint density at radius 1 is 1.24 bits per heavy atom. The lowest BCUT2D eigenvalue weighted by Gasteiger charge is -2.19.